The Kier molecular flexibility index (Phi) is 4.27. The molecule has 1 fully saturated rings. The summed E-state index contributed by atoms with van der Waals surface area (Å²) in [4.78, 5) is 32.1. The van der Waals surface area contributed by atoms with E-state index < -0.39 is 0 Å². The number of benzene rings is 1. The summed E-state index contributed by atoms with van der Waals surface area (Å²) < 4.78 is 0. The fourth-order valence-electron chi connectivity index (χ4n) is 1.79. The van der Waals surface area contributed by atoms with Crippen LogP contribution in [0.2, 0.25) is 0 Å². The lowest BCUT2D eigenvalue weighted by atomic mass is 10.1. The summed E-state index contributed by atoms with van der Waals surface area (Å²) >= 11 is 0. The van der Waals surface area contributed by atoms with Crippen LogP contribution in [0.25, 0.3) is 0 Å². The van der Waals surface area contributed by atoms with Gasteiger partial charge in [0.2, 0.25) is 5.91 Å². The predicted molar refractivity (Wildman–Crippen MR) is 71.6 cm³/mol. The van der Waals surface area contributed by atoms with Gasteiger partial charge in [-0.3, -0.25) is 19.8 Å². The number of fused-ring (bicyclic) bond motifs is 1. The second-order valence-electron chi connectivity index (χ2n) is 4.42. The third kappa shape index (κ3) is 3.30. The fourth-order valence-corrected chi connectivity index (χ4v) is 1.79. The van der Waals surface area contributed by atoms with Crippen LogP contribution in [0.3, 0.4) is 0 Å². The topological polar surface area (TPSA) is 92.3 Å². The number of aryl methyl sites for hydroxylation is 1. The molecule has 0 aliphatic carbocycles. The molecule has 2 aliphatic rings. The molecule has 6 nitrogen and oxygen atoms in total. The molecule has 2 heterocycles. The van der Waals surface area contributed by atoms with Gasteiger partial charge in [-0.1, -0.05) is 30.3 Å². The molecule has 0 saturated carbocycles. The van der Waals surface area contributed by atoms with Crippen LogP contribution in [0.15, 0.2) is 42.1 Å². The van der Waals surface area contributed by atoms with Crippen LogP contribution in [0.1, 0.15) is 18.4 Å². The Balaban J connectivity index is 0.000000173. The summed E-state index contributed by atoms with van der Waals surface area (Å²) in [5.74, 6) is 4.56. The fraction of sp³-hybridized carbons (Fsp3) is 0.214. The highest BCUT2D eigenvalue weighted by Crippen LogP contribution is 2.33. The molecule has 1 aromatic carbocycles. The Morgan fingerprint density at radius 2 is 1.90 bits per heavy atom. The largest absolute Gasteiger partial charge is 0.294 e. The van der Waals surface area contributed by atoms with Crippen LogP contribution in [0.5, 0.6) is 0 Å². The Bertz CT molecular complexity index is 558. The zero-order valence-electron chi connectivity index (χ0n) is 10.8. The minimum atomic E-state index is -0.167. The van der Waals surface area contributed by atoms with Gasteiger partial charge in [0.05, 0.1) is 0 Å². The van der Waals surface area contributed by atoms with Gasteiger partial charge in [-0.2, -0.15) is 0 Å². The van der Waals surface area contributed by atoms with Crippen molar-refractivity contribution in [2.75, 3.05) is 0 Å². The molecule has 0 atom stereocenters. The number of rotatable bonds is 4. The van der Waals surface area contributed by atoms with E-state index in [-0.39, 0.29) is 17.7 Å². The molecule has 6 heteroatoms. The van der Waals surface area contributed by atoms with Crippen LogP contribution < -0.4 is 11.3 Å². The first-order chi connectivity index (χ1) is 9.63. The van der Waals surface area contributed by atoms with Crippen molar-refractivity contribution in [3.63, 3.8) is 0 Å². The lowest BCUT2D eigenvalue weighted by molar-refractivity contribution is -0.126. The number of imide groups is 1. The van der Waals surface area contributed by atoms with Gasteiger partial charge in [-0.15, -0.1) is 0 Å². The summed E-state index contributed by atoms with van der Waals surface area (Å²) in [6, 6.07) is 10.1. The Hall–Kier alpha value is -2.47. The molecule has 0 aromatic heterocycles. The monoisotopic (exact) mass is 273 g/mol. The number of nitrogens with zero attached hydrogens (tertiary/aromatic N) is 1. The van der Waals surface area contributed by atoms with E-state index in [9.17, 15) is 14.4 Å². The number of carbonyl (C=O) groups is 3. The van der Waals surface area contributed by atoms with Crippen LogP contribution in [0, 0.1) is 0 Å². The lowest BCUT2D eigenvalue weighted by Gasteiger charge is -2.00. The zero-order chi connectivity index (χ0) is 14.5. The lowest BCUT2D eigenvalue weighted by Crippen LogP contribution is -2.29. The molecular weight excluding hydrogens is 258 g/mol. The summed E-state index contributed by atoms with van der Waals surface area (Å²) in [5.41, 5.74) is 3.94. The van der Waals surface area contributed by atoms with Crippen molar-refractivity contribution in [2.24, 2.45) is 5.84 Å². The van der Waals surface area contributed by atoms with Gasteiger partial charge in [0, 0.05) is 12.5 Å². The first-order valence-corrected chi connectivity index (χ1v) is 6.27. The molecule has 0 radical (unpaired) electrons. The quantitative estimate of drug-likeness (QED) is 0.270. The van der Waals surface area contributed by atoms with E-state index in [1.165, 1.54) is 11.6 Å². The van der Waals surface area contributed by atoms with E-state index in [0.717, 1.165) is 17.7 Å². The van der Waals surface area contributed by atoms with Crippen LogP contribution in [-0.4, -0.2) is 22.6 Å². The highest BCUT2D eigenvalue weighted by molar-refractivity contribution is 6.32. The van der Waals surface area contributed by atoms with Gasteiger partial charge in [0.25, 0.3) is 11.8 Å². The Morgan fingerprint density at radius 3 is 2.30 bits per heavy atom. The smallest absolute Gasteiger partial charge is 0.282 e. The van der Waals surface area contributed by atoms with Gasteiger partial charge in [0.15, 0.2) is 0 Å². The molecule has 0 bridgehead atoms. The summed E-state index contributed by atoms with van der Waals surface area (Å²) in [6.45, 7) is 0. The van der Waals surface area contributed by atoms with Crippen molar-refractivity contribution in [1.29, 1.82) is 0 Å². The first kappa shape index (κ1) is 14.0. The molecule has 3 rings (SSSR count). The van der Waals surface area contributed by atoms with Gasteiger partial charge >= 0.3 is 0 Å². The summed E-state index contributed by atoms with van der Waals surface area (Å²) in [7, 11) is 0. The van der Waals surface area contributed by atoms with E-state index in [4.69, 9.17) is 5.84 Å². The third-order valence-corrected chi connectivity index (χ3v) is 2.97. The van der Waals surface area contributed by atoms with Crippen molar-refractivity contribution in [1.82, 2.24) is 10.3 Å². The SMILES string of the molecule is NNC(=O)CCCc1ccccc1.O=C1C=C2C(=O)N12. The van der Waals surface area contributed by atoms with E-state index in [1.54, 1.807) is 0 Å². The molecule has 104 valence electrons. The van der Waals surface area contributed by atoms with Gasteiger partial charge in [-0.05, 0) is 18.4 Å². The average molecular weight is 273 g/mol. The van der Waals surface area contributed by atoms with Crippen molar-refractivity contribution in [2.45, 2.75) is 19.3 Å². The van der Waals surface area contributed by atoms with Gasteiger partial charge < -0.3 is 0 Å². The molecule has 20 heavy (non-hydrogen) atoms. The van der Waals surface area contributed by atoms with Crippen molar-refractivity contribution >= 4 is 17.7 Å². The highest BCUT2D eigenvalue weighted by Gasteiger charge is 2.52. The molecule has 2 aliphatic heterocycles. The molecular formula is C14H15N3O3. The van der Waals surface area contributed by atoms with E-state index >= 15 is 0 Å². The number of amides is 3. The van der Waals surface area contributed by atoms with E-state index in [0.29, 0.717) is 12.1 Å². The van der Waals surface area contributed by atoms with Crippen LogP contribution in [0.4, 0.5) is 0 Å². The highest BCUT2D eigenvalue weighted by atomic mass is 16.2. The number of hydrogen-bond acceptors (Lipinski definition) is 4. The minimum absolute atomic E-state index is 0.101. The second kappa shape index (κ2) is 6.12. The van der Waals surface area contributed by atoms with Crippen molar-refractivity contribution in [3.8, 4) is 0 Å². The van der Waals surface area contributed by atoms with E-state index in [2.05, 4.69) is 17.6 Å². The maximum Gasteiger partial charge on any atom is 0.282 e. The Labute approximate surface area is 116 Å². The first-order valence-electron chi connectivity index (χ1n) is 6.27. The normalized spacial score (nSPS) is 14.4. The summed E-state index contributed by atoms with van der Waals surface area (Å²) in [6.07, 6.45) is 3.59. The maximum atomic E-state index is 10.8. The zero-order valence-corrected chi connectivity index (χ0v) is 10.8. The molecule has 0 spiro atoms. The van der Waals surface area contributed by atoms with E-state index in [1.807, 2.05) is 18.2 Å². The standard InChI is InChI=1S/C10H14N2O.C4HNO2/c11-12-10(13)8-4-7-9-5-2-1-3-6-9;6-3-1-2-4(7)5(2)3/h1-3,5-6H,4,7-8,11H2,(H,12,13);1H. The Morgan fingerprint density at radius 1 is 1.20 bits per heavy atom. The number of nitrogens with one attached hydrogen (secondary N) is 1. The average Bonchev–Trinajstić information content (AvgIpc) is 3.01. The second-order valence-corrected chi connectivity index (χ2v) is 4.42. The van der Waals surface area contributed by atoms with Gasteiger partial charge in [-0.25, -0.2) is 10.7 Å². The number of nitrogens with two attached hydrogens (primary N) is 1. The molecule has 1 aromatic rings. The van der Waals surface area contributed by atoms with Crippen molar-refractivity contribution < 1.29 is 14.4 Å². The number of hydrogen-bond donors (Lipinski definition) is 2. The minimum Gasteiger partial charge on any atom is -0.294 e. The molecule has 1 saturated heterocycles. The number of hydrazine groups is 1. The molecule has 3 amide bonds. The third-order valence-electron chi connectivity index (χ3n) is 2.97. The summed E-state index contributed by atoms with van der Waals surface area (Å²) in [5, 5.41) is 0. The number of carbonyl (C=O) groups excluding carboxylic acids is 3. The predicted octanol–water partition coefficient (Wildman–Crippen LogP) is 0.252. The maximum absolute atomic E-state index is 10.8. The van der Waals surface area contributed by atoms with Gasteiger partial charge in [0.1, 0.15) is 5.70 Å². The molecule has 0 unspecified atom stereocenters. The van der Waals surface area contributed by atoms with Crippen molar-refractivity contribution in [3.05, 3.63) is 47.7 Å². The molecule has 3 N–H and O–H groups in total. The van der Waals surface area contributed by atoms with Crippen LogP contribution >= 0.6 is 0 Å². The van der Waals surface area contributed by atoms with Crippen LogP contribution in [-0.2, 0) is 20.8 Å².